The minimum Gasteiger partial charge on any atom is -0.493 e. The SMILES string of the molecule is CCOCCOc1c(Br)cc(CN)cc1OC. The van der Waals surface area contributed by atoms with Crippen molar-refractivity contribution in [2.75, 3.05) is 26.9 Å². The highest BCUT2D eigenvalue weighted by Crippen LogP contribution is 2.36. The predicted octanol–water partition coefficient (Wildman–Crippen LogP) is 2.33. The third-order valence-electron chi connectivity index (χ3n) is 2.20. The van der Waals surface area contributed by atoms with E-state index in [1.54, 1.807) is 7.11 Å². The molecule has 4 nitrogen and oxygen atoms in total. The molecular formula is C12H18BrNO3. The van der Waals surface area contributed by atoms with E-state index in [0.717, 1.165) is 10.0 Å². The number of ether oxygens (including phenoxy) is 3. The van der Waals surface area contributed by atoms with Crippen molar-refractivity contribution in [2.24, 2.45) is 5.73 Å². The number of hydrogen-bond acceptors (Lipinski definition) is 4. The van der Waals surface area contributed by atoms with E-state index in [9.17, 15) is 0 Å². The second-order valence-corrected chi connectivity index (χ2v) is 4.21. The van der Waals surface area contributed by atoms with Crippen LogP contribution in [0.3, 0.4) is 0 Å². The second-order valence-electron chi connectivity index (χ2n) is 3.36. The minimum atomic E-state index is 0.466. The maximum Gasteiger partial charge on any atom is 0.175 e. The molecule has 1 aromatic rings. The fourth-order valence-electron chi connectivity index (χ4n) is 1.38. The Morgan fingerprint density at radius 1 is 1.29 bits per heavy atom. The van der Waals surface area contributed by atoms with Gasteiger partial charge < -0.3 is 19.9 Å². The van der Waals surface area contributed by atoms with Crippen LogP contribution in [0, 0.1) is 0 Å². The molecule has 0 bridgehead atoms. The summed E-state index contributed by atoms with van der Waals surface area (Å²) in [6.07, 6.45) is 0. The van der Waals surface area contributed by atoms with Gasteiger partial charge in [0.2, 0.25) is 0 Å². The van der Waals surface area contributed by atoms with Gasteiger partial charge in [0, 0.05) is 13.2 Å². The van der Waals surface area contributed by atoms with Gasteiger partial charge in [-0.25, -0.2) is 0 Å². The first kappa shape index (κ1) is 14.3. The molecule has 0 heterocycles. The lowest BCUT2D eigenvalue weighted by Gasteiger charge is -2.13. The zero-order valence-corrected chi connectivity index (χ0v) is 11.7. The second kappa shape index (κ2) is 7.53. The zero-order valence-electron chi connectivity index (χ0n) is 10.2. The van der Waals surface area contributed by atoms with Gasteiger partial charge in [-0.3, -0.25) is 0 Å². The Kier molecular flexibility index (Phi) is 6.32. The van der Waals surface area contributed by atoms with Crippen molar-refractivity contribution in [3.63, 3.8) is 0 Å². The highest BCUT2D eigenvalue weighted by Gasteiger charge is 2.10. The molecular weight excluding hydrogens is 286 g/mol. The summed E-state index contributed by atoms with van der Waals surface area (Å²) < 4.78 is 17.0. The van der Waals surface area contributed by atoms with E-state index in [0.29, 0.717) is 37.9 Å². The number of nitrogens with two attached hydrogens (primary N) is 1. The maximum atomic E-state index is 5.62. The average molecular weight is 304 g/mol. The van der Waals surface area contributed by atoms with Gasteiger partial charge in [0.25, 0.3) is 0 Å². The third kappa shape index (κ3) is 4.18. The first-order valence-electron chi connectivity index (χ1n) is 5.50. The molecule has 0 aliphatic rings. The largest absolute Gasteiger partial charge is 0.493 e. The summed E-state index contributed by atoms with van der Waals surface area (Å²) in [6, 6.07) is 3.80. The van der Waals surface area contributed by atoms with Crippen molar-refractivity contribution in [1.29, 1.82) is 0 Å². The summed E-state index contributed by atoms with van der Waals surface area (Å²) in [7, 11) is 1.61. The monoisotopic (exact) mass is 303 g/mol. The molecule has 0 aliphatic heterocycles. The molecule has 0 atom stereocenters. The van der Waals surface area contributed by atoms with Crippen molar-refractivity contribution in [3.05, 3.63) is 22.2 Å². The Morgan fingerprint density at radius 2 is 2.06 bits per heavy atom. The third-order valence-corrected chi connectivity index (χ3v) is 2.79. The van der Waals surface area contributed by atoms with Gasteiger partial charge in [-0.05, 0) is 40.5 Å². The van der Waals surface area contributed by atoms with Crippen molar-refractivity contribution in [2.45, 2.75) is 13.5 Å². The van der Waals surface area contributed by atoms with E-state index in [4.69, 9.17) is 19.9 Å². The van der Waals surface area contributed by atoms with E-state index >= 15 is 0 Å². The van der Waals surface area contributed by atoms with E-state index in [-0.39, 0.29) is 0 Å². The summed E-state index contributed by atoms with van der Waals surface area (Å²) >= 11 is 3.45. The standard InChI is InChI=1S/C12H18BrNO3/c1-3-16-4-5-17-12-10(13)6-9(8-14)7-11(12)15-2/h6-7H,3-5,8,14H2,1-2H3. The lowest BCUT2D eigenvalue weighted by Crippen LogP contribution is -2.08. The molecule has 2 N–H and O–H groups in total. The Morgan fingerprint density at radius 3 is 2.65 bits per heavy atom. The van der Waals surface area contributed by atoms with E-state index in [2.05, 4.69) is 15.9 Å². The first-order chi connectivity index (χ1) is 8.22. The van der Waals surface area contributed by atoms with E-state index in [1.807, 2.05) is 19.1 Å². The quantitative estimate of drug-likeness (QED) is 0.786. The molecule has 1 aromatic carbocycles. The van der Waals surface area contributed by atoms with Gasteiger partial charge in [0.05, 0.1) is 18.2 Å². The van der Waals surface area contributed by atoms with Crippen LogP contribution in [0.1, 0.15) is 12.5 Å². The fraction of sp³-hybridized carbons (Fsp3) is 0.500. The molecule has 0 amide bonds. The van der Waals surface area contributed by atoms with Crippen LogP contribution in [0.25, 0.3) is 0 Å². The molecule has 17 heavy (non-hydrogen) atoms. The average Bonchev–Trinajstić information content (AvgIpc) is 2.35. The number of hydrogen-bond donors (Lipinski definition) is 1. The minimum absolute atomic E-state index is 0.466. The molecule has 0 fully saturated rings. The van der Waals surface area contributed by atoms with Gasteiger partial charge >= 0.3 is 0 Å². The topological polar surface area (TPSA) is 53.7 Å². The molecule has 0 unspecified atom stereocenters. The lowest BCUT2D eigenvalue weighted by molar-refractivity contribution is 0.108. The Labute approximate surface area is 110 Å². The van der Waals surface area contributed by atoms with Crippen LogP contribution in [0.5, 0.6) is 11.5 Å². The van der Waals surface area contributed by atoms with Crippen molar-refractivity contribution in [1.82, 2.24) is 0 Å². The van der Waals surface area contributed by atoms with Crippen molar-refractivity contribution < 1.29 is 14.2 Å². The highest BCUT2D eigenvalue weighted by molar-refractivity contribution is 9.10. The normalized spacial score (nSPS) is 10.4. The molecule has 96 valence electrons. The number of methoxy groups -OCH3 is 1. The van der Waals surface area contributed by atoms with Gasteiger partial charge in [0.1, 0.15) is 6.61 Å². The number of benzene rings is 1. The van der Waals surface area contributed by atoms with Crippen LogP contribution in [0.2, 0.25) is 0 Å². The molecule has 0 saturated carbocycles. The van der Waals surface area contributed by atoms with Crippen LogP contribution in [0.15, 0.2) is 16.6 Å². The molecule has 0 saturated heterocycles. The summed E-state index contributed by atoms with van der Waals surface area (Å²) in [6.45, 7) is 4.16. The van der Waals surface area contributed by atoms with Crippen LogP contribution in [-0.4, -0.2) is 26.9 Å². The lowest BCUT2D eigenvalue weighted by atomic mass is 10.2. The Balaban J connectivity index is 2.75. The summed E-state index contributed by atoms with van der Waals surface area (Å²) in [5.74, 6) is 1.36. The summed E-state index contributed by atoms with van der Waals surface area (Å²) in [5.41, 5.74) is 6.59. The van der Waals surface area contributed by atoms with Gasteiger partial charge in [-0.15, -0.1) is 0 Å². The van der Waals surface area contributed by atoms with Crippen LogP contribution in [0.4, 0.5) is 0 Å². The highest BCUT2D eigenvalue weighted by atomic mass is 79.9. The fourth-order valence-corrected chi connectivity index (χ4v) is 1.98. The van der Waals surface area contributed by atoms with Gasteiger partial charge in [-0.1, -0.05) is 0 Å². The first-order valence-corrected chi connectivity index (χ1v) is 6.29. The molecule has 0 aromatic heterocycles. The van der Waals surface area contributed by atoms with Gasteiger partial charge in [0.15, 0.2) is 11.5 Å². The van der Waals surface area contributed by atoms with Crippen molar-refractivity contribution >= 4 is 15.9 Å². The Hall–Kier alpha value is -0.780. The number of halogens is 1. The molecule has 5 heteroatoms. The predicted molar refractivity (Wildman–Crippen MR) is 70.6 cm³/mol. The van der Waals surface area contributed by atoms with E-state index < -0.39 is 0 Å². The maximum absolute atomic E-state index is 5.62. The number of rotatable bonds is 7. The van der Waals surface area contributed by atoms with Crippen molar-refractivity contribution in [3.8, 4) is 11.5 Å². The van der Waals surface area contributed by atoms with Crippen LogP contribution in [-0.2, 0) is 11.3 Å². The smallest absolute Gasteiger partial charge is 0.175 e. The Bertz CT molecular complexity index is 358. The van der Waals surface area contributed by atoms with Crippen LogP contribution < -0.4 is 15.2 Å². The molecule has 0 aliphatic carbocycles. The molecule has 1 rings (SSSR count). The summed E-state index contributed by atoms with van der Waals surface area (Å²) in [5, 5.41) is 0. The summed E-state index contributed by atoms with van der Waals surface area (Å²) in [4.78, 5) is 0. The molecule has 0 spiro atoms. The van der Waals surface area contributed by atoms with Crippen LogP contribution >= 0.6 is 15.9 Å². The molecule has 0 radical (unpaired) electrons. The zero-order chi connectivity index (χ0) is 12.7. The van der Waals surface area contributed by atoms with Gasteiger partial charge in [-0.2, -0.15) is 0 Å². The van der Waals surface area contributed by atoms with E-state index in [1.165, 1.54) is 0 Å².